The Bertz CT molecular complexity index is 1280. The summed E-state index contributed by atoms with van der Waals surface area (Å²) in [4.78, 5) is 20.3. The van der Waals surface area contributed by atoms with Crippen molar-refractivity contribution in [1.29, 1.82) is 0 Å². The van der Waals surface area contributed by atoms with Gasteiger partial charge in [0.1, 0.15) is 5.75 Å². The van der Waals surface area contributed by atoms with Crippen molar-refractivity contribution in [2.45, 2.75) is 64.2 Å². The standard InChI is InChI=1S/C31H34BrClN2O2/c1-4-22-19-34-14-7-27(22)29(36)35(26-17-24(32)16-25(33)18-26)20-30-8-11-31(12-9-30,13-10-30)23-5-6-28(37-3)21(2)15-23/h5-7,14-19H,4,8-13,20H2,1-3H3. The van der Waals surface area contributed by atoms with Gasteiger partial charge in [-0.3, -0.25) is 9.78 Å². The minimum absolute atomic E-state index is 0.0241. The van der Waals surface area contributed by atoms with Crippen molar-refractivity contribution in [3.8, 4) is 5.75 Å². The normalized spacial score (nSPS) is 22.6. The summed E-state index contributed by atoms with van der Waals surface area (Å²) in [6, 6.07) is 14.3. The van der Waals surface area contributed by atoms with Crippen LogP contribution in [0.4, 0.5) is 5.69 Å². The largest absolute Gasteiger partial charge is 0.496 e. The number of nitrogens with zero attached hydrogens (tertiary/aromatic N) is 2. The molecule has 0 saturated heterocycles. The number of aryl methyl sites for hydroxylation is 2. The van der Waals surface area contributed by atoms with E-state index in [0.717, 1.165) is 72.0 Å². The third-order valence-corrected chi connectivity index (χ3v) is 9.50. The lowest BCUT2D eigenvalue weighted by Gasteiger charge is -2.55. The average Bonchev–Trinajstić information content (AvgIpc) is 2.92. The van der Waals surface area contributed by atoms with E-state index in [4.69, 9.17) is 16.3 Å². The van der Waals surface area contributed by atoms with Gasteiger partial charge in [0, 0.05) is 39.7 Å². The van der Waals surface area contributed by atoms with E-state index >= 15 is 0 Å². The molecular weight excluding hydrogens is 548 g/mol. The molecule has 2 bridgehead atoms. The van der Waals surface area contributed by atoms with Crippen molar-refractivity contribution >= 4 is 39.1 Å². The Morgan fingerprint density at radius 3 is 2.43 bits per heavy atom. The van der Waals surface area contributed by atoms with Crippen molar-refractivity contribution in [3.05, 3.63) is 86.6 Å². The van der Waals surface area contributed by atoms with Gasteiger partial charge in [-0.2, -0.15) is 0 Å². The number of aromatic nitrogens is 1. The molecule has 2 aromatic carbocycles. The minimum Gasteiger partial charge on any atom is -0.496 e. The van der Waals surface area contributed by atoms with Crippen LogP contribution in [-0.4, -0.2) is 24.5 Å². The first kappa shape index (κ1) is 26.2. The molecule has 6 heteroatoms. The topological polar surface area (TPSA) is 42.4 Å². The van der Waals surface area contributed by atoms with Gasteiger partial charge in [0.15, 0.2) is 0 Å². The fourth-order valence-corrected chi connectivity index (χ4v) is 7.36. The van der Waals surface area contributed by atoms with Gasteiger partial charge >= 0.3 is 0 Å². The molecule has 0 atom stereocenters. The maximum atomic E-state index is 14.1. The highest BCUT2D eigenvalue weighted by Gasteiger charge is 2.50. The summed E-state index contributed by atoms with van der Waals surface area (Å²) in [6.45, 7) is 4.89. The van der Waals surface area contributed by atoms with Crippen LogP contribution in [0, 0.1) is 12.3 Å². The van der Waals surface area contributed by atoms with Crippen LogP contribution in [0.1, 0.15) is 72.5 Å². The summed E-state index contributed by atoms with van der Waals surface area (Å²) in [5, 5.41) is 0.617. The fourth-order valence-electron chi connectivity index (χ4n) is 6.52. The Kier molecular flexibility index (Phi) is 7.39. The number of carbonyl (C=O) groups is 1. The first-order chi connectivity index (χ1) is 17.8. The highest BCUT2D eigenvalue weighted by molar-refractivity contribution is 9.10. The second-order valence-electron chi connectivity index (χ2n) is 10.9. The van der Waals surface area contributed by atoms with Gasteiger partial charge in [0.2, 0.25) is 0 Å². The van der Waals surface area contributed by atoms with Gasteiger partial charge in [0.05, 0.1) is 7.11 Å². The number of amides is 1. The number of benzene rings is 2. The smallest absolute Gasteiger partial charge is 0.258 e. The lowest BCUT2D eigenvalue weighted by atomic mass is 9.51. The Labute approximate surface area is 233 Å². The molecule has 4 nitrogen and oxygen atoms in total. The second kappa shape index (κ2) is 10.4. The zero-order valence-electron chi connectivity index (χ0n) is 21.8. The molecule has 3 fully saturated rings. The molecule has 1 heterocycles. The van der Waals surface area contributed by atoms with Crippen LogP contribution in [0.2, 0.25) is 5.02 Å². The second-order valence-corrected chi connectivity index (χ2v) is 12.2. The van der Waals surface area contributed by atoms with Crippen molar-refractivity contribution in [1.82, 2.24) is 4.98 Å². The van der Waals surface area contributed by atoms with Crippen LogP contribution in [0.5, 0.6) is 5.75 Å². The van der Waals surface area contributed by atoms with Gasteiger partial charge in [-0.1, -0.05) is 46.6 Å². The molecule has 1 amide bonds. The summed E-state index contributed by atoms with van der Waals surface area (Å²) < 4.78 is 6.38. The number of anilines is 1. The van der Waals surface area contributed by atoms with Crippen molar-refractivity contribution in [3.63, 3.8) is 0 Å². The van der Waals surface area contributed by atoms with Gasteiger partial charge in [-0.25, -0.2) is 0 Å². The van der Waals surface area contributed by atoms with Crippen molar-refractivity contribution < 1.29 is 9.53 Å². The molecule has 3 aliphatic rings. The Morgan fingerprint density at radius 2 is 1.81 bits per heavy atom. The van der Waals surface area contributed by atoms with E-state index in [1.807, 2.05) is 35.4 Å². The summed E-state index contributed by atoms with van der Waals surface area (Å²) in [5.41, 5.74) is 5.50. The SMILES string of the molecule is CCc1cnccc1C(=O)N(CC12CCC(c3ccc(OC)c(C)c3)(CC1)CC2)c1cc(Cl)cc(Br)c1. The highest BCUT2D eigenvalue weighted by Crippen LogP contribution is 2.58. The van der Waals surface area contributed by atoms with E-state index in [-0.39, 0.29) is 16.7 Å². The molecule has 3 aliphatic carbocycles. The lowest BCUT2D eigenvalue weighted by molar-refractivity contribution is 0.0441. The van der Waals surface area contributed by atoms with Crippen LogP contribution in [-0.2, 0) is 11.8 Å². The molecule has 0 aliphatic heterocycles. The molecule has 37 heavy (non-hydrogen) atoms. The fraction of sp³-hybridized carbons (Fsp3) is 0.419. The average molecular weight is 582 g/mol. The third-order valence-electron chi connectivity index (χ3n) is 8.82. The zero-order valence-corrected chi connectivity index (χ0v) is 24.2. The molecular formula is C31H34BrClN2O2. The molecule has 6 rings (SSSR count). The monoisotopic (exact) mass is 580 g/mol. The Balaban J connectivity index is 1.45. The number of methoxy groups -OCH3 is 1. The summed E-state index contributed by atoms with van der Waals surface area (Å²) >= 11 is 10.0. The van der Waals surface area contributed by atoms with E-state index < -0.39 is 0 Å². The van der Waals surface area contributed by atoms with Gasteiger partial charge < -0.3 is 9.64 Å². The van der Waals surface area contributed by atoms with E-state index in [0.29, 0.717) is 11.6 Å². The molecule has 3 saturated carbocycles. The zero-order chi connectivity index (χ0) is 26.2. The van der Waals surface area contributed by atoms with E-state index in [1.54, 1.807) is 13.3 Å². The van der Waals surface area contributed by atoms with Crippen LogP contribution in [0.3, 0.4) is 0 Å². The first-order valence-electron chi connectivity index (χ1n) is 13.1. The number of pyridine rings is 1. The Hall–Kier alpha value is -2.37. The number of hydrogen-bond acceptors (Lipinski definition) is 3. The quantitative estimate of drug-likeness (QED) is 0.282. The predicted molar refractivity (Wildman–Crippen MR) is 154 cm³/mol. The molecule has 0 spiro atoms. The van der Waals surface area contributed by atoms with Gasteiger partial charge in [-0.15, -0.1) is 0 Å². The molecule has 0 radical (unpaired) electrons. The predicted octanol–water partition coefficient (Wildman–Crippen LogP) is 8.32. The summed E-state index contributed by atoms with van der Waals surface area (Å²) in [7, 11) is 1.73. The number of carbonyl (C=O) groups excluding carboxylic acids is 1. The maximum absolute atomic E-state index is 14.1. The van der Waals surface area contributed by atoms with E-state index in [1.165, 1.54) is 11.1 Å². The number of halogens is 2. The Morgan fingerprint density at radius 1 is 1.08 bits per heavy atom. The lowest BCUT2D eigenvalue weighted by Crippen LogP contribution is -2.50. The highest BCUT2D eigenvalue weighted by atomic mass is 79.9. The van der Waals surface area contributed by atoms with Gasteiger partial charge in [0.25, 0.3) is 5.91 Å². The van der Waals surface area contributed by atoms with E-state index in [9.17, 15) is 4.79 Å². The van der Waals surface area contributed by atoms with Crippen molar-refractivity contribution in [2.24, 2.45) is 5.41 Å². The van der Waals surface area contributed by atoms with Crippen LogP contribution in [0.25, 0.3) is 0 Å². The molecule has 194 valence electrons. The van der Waals surface area contributed by atoms with Crippen LogP contribution in [0.15, 0.2) is 59.3 Å². The number of fused-ring (bicyclic) bond motifs is 3. The minimum atomic E-state index is 0.0241. The number of hydrogen-bond donors (Lipinski definition) is 0. The summed E-state index contributed by atoms with van der Waals surface area (Å²) in [5.74, 6) is 0.974. The molecule has 0 N–H and O–H groups in total. The van der Waals surface area contributed by atoms with Crippen LogP contribution < -0.4 is 9.64 Å². The van der Waals surface area contributed by atoms with E-state index in [2.05, 4.69) is 53.0 Å². The maximum Gasteiger partial charge on any atom is 0.258 e. The van der Waals surface area contributed by atoms with Crippen LogP contribution >= 0.6 is 27.5 Å². The molecule has 0 unspecified atom stereocenters. The molecule has 1 aromatic heterocycles. The molecule has 3 aromatic rings. The summed E-state index contributed by atoms with van der Waals surface area (Å²) in [6.07, 6.45) is 11.1. The number of rotatable bonds is 7. The first-order valence-corrected chi connectivity index (χ1v) is 14.3. The van der Waals surface area contributed by atoms with Crippen molar-refractivity contribution in [2.75, 3.05) is 18.6 Å². The van der Waals surface area contributed by atoms with Gasteiger partial charge in [-0.05, 0) is 110 Å². The third kappa shape index (κ3) is 5.05. The number of ether oxygens (including phenoxy) is 1.